The molecule has 0 aliphatic heterocycles. The van der Waals surface area contributed by atoms with Crippen molar-refractivity contribution >= 4 is 17.7 Å². The number of rotatable bonds is 6. The lowest BCUT2D eigenvalue weighted by Crippen LogP contribution is -2.14. The topological polar surface area (TPSA) is 0 Å². The van der Waals surface area contributed by atoms with Gasteiger partial charge in [-0.05, 0) is 59.6 Å². The fourth-order valence-electron chi connectivity index (χ4n) is 4.25. The van der Waals surface area contributed by atoms with Crippen LogP contribution in [0.15, 0.2) is 42.5 Å². The molecule has 0 spiro atoms. The number of aryl methyl sites for hydroxylation is 1. The molecule has 1 aliphatic carbocycles. The summed E-state index contributed by atoms with van der Waals surface area (Å²) in [6.45, 7) is 2.28. The maximum atomic E-state index is 14.3. The summed E-state index contributed by atoms with van der Waals surface area (Å²) in [7, 11) is 0. The van der Waals surface area contributed by atoms with Crippen LogP contribution in [-0.2, 0) is 6.42 Å². The molecule has 30 heavy (non-hydrogen) atoms. The number of halogens is 5. The molecule has 0 nitrogen and oxygen atoms in total. The van der Waals surface area contributed by atoms with Gasteiger partial charge in [0, 0.05) is 11.6 Å². The van der Waals surface area contributed by atoms with E-state index in [2.05, 4.69) is 6.92 Å². The number of hydrogen-bond acceptors (Lipinski definition) is 0. The van der Waals surface area contributed by atoms with Gasteiger partial charge in [-0.2, -0.15) is 13.2 Å². The fraction of sp³-hybridized carbons (Fsp3) is 0.440. The second kappa shape index (κ2) is 10.00. The predicted molar refractivity (Wildman–Crippen MR) is 116 cm³/mol. The van der Waals surface area contributed by atoms with Crippen molar-refractivity contribution in [3.63, 3.8) is 0 Å². The zero-order chi connectivity index (χ0) is 21.7. The normalized spacial score (nSPS) is 20.1. The van der Waals surface area contributed by atoms with Gasteiger partial charge in [0.1, 0.15) is 5.82 Å². The monoisotopic (exact) mass is 438 g/mol. The van der Waals surface area contributed by atoms with Crippen molar-refractivity contribution in [1.29, 1.82) is 0 Å². The molecule has 0 aromatic heterocycles. The van der Waals surface area contributed by atoms with Crippen LogP contribution in [0.25, 0.3) is 17.2 Å². The van der Waals surface area contributed by atoms with Gasteiger partial charge in [-0.15, -0.1) is 0 Å². The van der Waals surface area contributed by atoms with Crippen LogP contribution in [0.2, 0.25) is 5.02 Å². The Morgan fingerprint density at radius 3 is 2.17 bits per heavy atom. The van der Waals surface area contributed by atoms with E-state index in [1.807, 2.05) is 24.3 Å². The molecule has 0 radical (unpaired) electrons. The maximum Gasteiger partial charge on any atom is 0.409 e. The highest BCUT2D eigenvalue weighted by atomic mass is 35.5. The Kier molecular flexibility index (Phi) is 7.62. The standard InChI is InChI=1S/C25H27ClF4/c1-2-17-3-5-18(6-4-17)7-8-19-9-11-20(12-10-19)21-15-23(26)22(24(27)16-21)13-14-25(28,29)30/h9-18H,2-8H2,1H3/b14-13+. The van der Waals surface area contributed by atoms with Crippen molar-refractivity contribution < 1.29 is 17.6 Å². The molecule has 0 bridgehead atoms. The Hall–Kier alpha value is -1.81. The highest BCUT2D eigenvalue weighted by Crippen LogP contribution is 2.34. The molecule has 1 aliphatic rings. The van der Waals surface area contributed by atoms with E-state index in [1.54, 1.807) is 0 Å². The van der Waals surface area contributed by atoms with Gasteiger partial charge in [0.25, 0.3) is 0 Å². The molecule has 0 unspecified atom stereocenters. The van der Waals surface area contributed by atoms with Crippen LogP contribution >= 0.6 is 11.6 Å². The lowest BCUT2D eigenvalue weighted by Gasteiger charge is -2.27. The smallest absolute Gasteiger partial charge is 0.206 e. The highest BCUT2D eigenvalue weighted by Gasteiger charge is 2.23. The number of alkyl halides is 3. The molecule has 1 fully saturated rings. The summed E-state index contributed by atoms with van der Waals surface area (Å²) in [5, 5.41) is -0.0442. The average Bonchev–Trinajstić information content (AvgIpc) is 2.71. The molecule has 0 N–H and O–H groups in total. The van der Waals surface area contributed by atoms with Gasteiger partial charge in [-0.3, -0.25) is 0 Å². The summed E-state index contributed by atoms with van der Waals surface area (Å²) in [6.07, 6.45) is 4.99. The third kappa shape index (κ3) is 6.34. The van der Waals surface area contributed by atoms with Crippen LogP contribution in [0.1, 0.15) is 56.6 Å². The molecule has 2 aromatic carbocycles. The molecule has 0 atom stereocenters. The fourth-order valence-corrected chi connectivity index (χ4v) is 4.52. The first-order chi connectivity index (χ1) is 14.2. The zero-order valence-corrected chi connectivity index (χ0v) is 17.9. The minimum absolute atomic E-state index is 0.0134. The van der Waals surface area contributed by atoms with Crippen molar-refractivity contribution in [2.75, 3.05) is 0 Å². The van der Waals surface area contributed by atoms with Crippen LogP contribution in [0.4, 0.5) is 17.6 Å². The SMILES string of the molecule is CCC1CCC(CCc2ccc(-c3cc(F)c(/C=C/C(F)(F)F)c(Cl)c3)cc2)CC1. The van der Waals surface area contributed by atoms with E-state index in [9.17, 15) is 17.6 Å². The van der Waals surface area contributed by atoms with Gasteiger partial charge in [0.05, 0.1) is 5.02 Å². The van der Waals surface area contributed by atoms with E-state index in [-0.39, 0.29) is 16.7 Å². The van der Waals surface area contributed by atoms with Gasteiger partial charge in [-0.25, -0.2) is 4.39 Å². The molecule has 0 saturated heterocycles. The molecule has 5 heteroatoms. The second-order valence-corrected chi connectivity index (χ2v) is 8.67. The Bertz CT molecular complexity index is 837. The summed E-state index contributed by atoms with van der Waals surface area (Å²) in [6, 6.07) is 10.6. The summed E-state index contributed by atoms with van der Waals surface area (Å²) >= 11 is 6.04. The largest absolute Gasteiger partial charge is 0.409 e. The summed E-state index contributed by atoms with van der Waals surface area (Å²) in [5.74, 6) is 0.936. The van der Waals surface area contributed by atoms with E-state index in [0.717, 1.165) is 23.8 Å². The van der Waals surface area contributed by atoms with Crippen molar-refractivity contribution in [3.8, 4) is 11.1 Å². The summed E-state index contributed by atoms with van der Waals surface area (Å²) < 4.78 is 51.4. The molecule has 3 rings (SSSR count). The first-order valence-corrected chi connectivity index (χ1v) is 11.0. The van der Waals surface area contributed by atoms with E-state index >= 15 is 0 Å². The molecular weight excluding hydrogens is 412 g/mol. The van der Waals surface area contributed by atoms with Crippen LogP contribution < -0.4 is 0 Å². The van der Waals surface area contributed by atoms with Crippen LogP contribution in [-0.4, -0.2) is 6.18 Å². The molecule has 1 saturated carbocycles. The van der Waals surface area contributed by atoms with E-state index in [0.29, 0.717) is 11.6 Å². The van der Waals surface area contributed by atoms with E-state index < -0.39 is 12.0 Å². The molecule has 2 aromatic rings. The summed E-state index contributed by atoms with van der Waals surface area (Å²) in [4.78, 5) is 0. The van der Waals surface area contributed by atoms with Crippen molar-refractivity contribution in [2.45, 2.75) is 58.0 Å². The minimum atomic E-state index is -4.51. The number of benzene rings is 2. The first-order valence-electron chi connectivity index (χ1n) is 10.6. The third-order valence-electron chi connectivity index (χ3n) is 6.19. The van der Waals surface area contributed by atoms with Gasteiger partial charge in [0.15, 0.2) is 0 Å². The van der Waals surface area contributed by atoms with Crippen LogP contribution in [0, 0.1) is 17.7 Å². The molecule has 0 heterocycles. The second-order valence-electron chi connectivity index (χ2n) is 8.26. The van der Waals surface area contributed by atoms with Gasteiger partial charge in [-0.1, -0.05) is 74.9 Å². The highest BCUT2D eigenvalue weighted by molar-refractivity contribution is 6.32. The van der Waals surface area contributed by atoms with Crippen molar-refractivity contribution in [3.05, 3.63) is 64.4 Å². The van der Waals surface area contributed by atoms with Crippen LogP contribution in [0.5, 0.6) is 0 Å². The van der Waals surface area contributed by atoms with Crippen LogP contribution in [0.3, 0.4) is 0 Å². The minimum Gasteiger partial charge on any atom is -0.206 e. The maximum absolute atomic E-state index is 14.3. The molecule has 0 amide bonds. The van der Waals surface area contributed by atoms with Gasteiger partial charge >= 0.3 is 6.18 Å². The van der Waals surface area contributed by atoms with Crippen molar-refractivity contribution in [1.82, 2.24) is 0 Å². The quantitative estimate of drug-likeness (QED) is 0.395. The Labute approximate surface area is 181 Å². The number of hydrogen-bond donors (Lipinski definition) is 0. The zero-order valence-electron chi connectivity index (χ0n) is 17.1. The van der Waals surface area contributed by atoms with Gasteiger partial charge < -0.3 is 0 Å². The van der Waals surface area contributed by atoms with Crippen molar-refractivity contribution in [2.24, 2.45) is 11.8 Å². The number of allylic oxidation sites excluding steroid dienone is 1. The first kappa shape index (κ1) is 22.9. The van der Waals surface area contributed by atoms with Gasteiger partial charge in [0.2, 0.25) is 0 Å². The molecular formula is C25H27ClF4. The lowest BCUT2D eigenvalue weighted by atomic mass is 9.78. The average molecular weight is 439 g/mol. The summed E-state index contributed by atoms with van der Waals surface area (Å²) in [5.41, 5.74) is 2.32. The Morgan fingerprint density at radius 2 is 1.60 bits per heavy atom. The third-order valence-corrected chi connectivity index (χ3v) is 6.50. The Balaban J connectivity index is 1.64. The molecule has 162 valence electrons. The predicted octanol–water partition coefficient (Wildman–Crippen LogP) is 8.87. The van der Waals surface area contributed by atoms with E-state index in [1.165, 1.54) is 56.2 Å². The Morgan fingerprint density at radius 1 is 0.967 bits per heavy atom. The van der Waals surface area contributed by atoms with E-state index in [4.69, 9.17) is 11.6 Å². The lowest BCUT2D eigenvalue weighted by molar-refractivity contribution is -0.0790.